The number of hydrogen-bond acceptors (Lipinski definition) is 2. The Balaban J connectivity index is 1.97. The first-order valence-electron chi connectivity index (χ1n) is 5.50. The van der Waals surface area contributed by atoms with E-state index in [1.807, 2.05) is 0 Å². The van der Waals surface area contributed by atoms with Gasteiger partial charge in [0.2, 0.25) is 0 Å². The second kappa shape index (κ2) is 6.29. The SMILES string of the molecule is Fc1cccc(F)c1CON=Cc1cccc(Cl)c1. The summed E-state index contributed by atoms with van der Waals surface area (Å²) in [5, 5.41) is 4.22. The zero-order valence-corrected chi connectivity index (χ0v) is 10.6. The first-order chi connectivity index (χ1) is 9.16. The largest absolute Gasteiger partial charge is 0.391 e. The molecule has 5 heteroatoms. The molecule has 19 heavy (non-hydrogen) atoms. The smallest absolute Gasteiger partial charge is 0.147 e. The van der Waals surface area contributed by atoms with E-state index in [-0.39, 0.29) is 12.2 Å². The molecule has 0 N–H and O–H groups in total. The van der Waals surface area contributed by atoms with Crippen LogP contribution in [0, 0.1) is 11.6 Å². The first-order valence-corrected chi connectivity index (χ1v) is 5.88. The van der Waals surface area contributed by atoms with Crippen LogP contribution in [0.15, 0.2) is 47.6 Å². The molecule has 0 radical (unpaired) electrons. The molecular formula is C14H10ClF2NO. The molecule has 0 amide bonds. The van der Waals surface area contributed by atoms with Gasteiger partial charge in [0.25, 0.3) is 0 Å². The van der Waals surface area contributed by atoms with Crippen molar-refractivity contribution in [2.45, 2.75) is 6.61 Å². The van der Waals surface area contributed by atoms with E-state index in [1.165, 1.54) is 24.4 Å². The molecule has 0 saturated carbocycles. The molecule has 0 saturated heterocycles. The van der Waals surface area contributed by atoms with Crippen LogP contribution in [-0.2, 0) is 11.4 Å². The van der Waals surface area contributed by atoms with Crippen LogP contribution in [0.2, 0.25) is 5.02 Å². The van der Waals surface area contributed by atoms with E-state index < -0.39 is 11.6 Å². The van der Waals surface area contributed by atoms with Crippen molar-refractivity contribution in [3.8, 4) is 0 Å². The second-order valence-corrected chi connectivity index (χ2v) is 4.20. The van der Waals surface area contributed by atoms with Gasteiger partial charge in [0.05, 0.1) is 11.8 Å². The van der Waals surface area contributed by atoms with Crippen LogP contribution >= 0.6 is 11.6 Å². The fraction of sp³-hybridized carbons (Fsp3) is 0.0714. The van der Waals surface area contributed by atoms with Gasteiger partial charge in [0, 0.05) is 5.02 Å². The zero-order chi connectivity index (χ0) is 13.7. The van der Waals surface area contributed by atoms with E-state index in [2.05, 4.69) is 5.16 Å². The van der Waals surface area contributed by atoms with E-state index >= 15 is 0 Å². The summed E-state index contributed by atoms with van der Waals surface area (Å²) in [4.78, 5) is 4.87. The predicted molar refractivity (Wildman–Crippen MR) is 70.2 cm³/mol. The van der Waals surface area contributed by atoms with Gasteiger partial charge in [0.1, 0.15) is 18.2 Å². The van der Waals surface area contributed by atoms with Crippen molar-refractivity contribution in [3.05, 3.63) is 70.2 Å². The first kappa shape index (κ1) is 13.5. The number of benzene rings is 2. The normalized spacial score (nSPS) is 10.9. The molecule has 0 aliphatic carbocycles. The van der Waals surface area contributed by atoms with Crippen LogP contribution in [0.25, 0.3) is 0 Å². The average Bonchev–Trinajstić information content (AvgIpc) is 2.37. The van der Waals surface area contributed by atoms with Crippen LogP contribution in [0.3, 0.4) is 0 Å². The number of rotatable bonds is 4. The topological polar surface area (TPSA) is 21.6 Å². The summed E-state index contributed by atoms with van der Waals surface area (Å²) in [6, 6.07) is 10.6. The molecule has 0 heterocycles. The quantitative estimate of drug-likeness (QED) is 0.609. The third-order valence-corrected chi connectivity index (χ3v) is 2.63. The maximum Gasteiger partial charge on any atom is 0.147 e. The molecule has 0 aliphatic rings. The zero-order valence-electron chi connectivity index (χ0n) is 9.82. The Morgan fingerprint density at radius 1 is 1.11 bits per heavy atom. The van der Waals surface area contributed by atoms with Crippen molar-refractivity contribution in [1.82, 2.24) is 0 Å². The van der Waals surface area contributed by atoms with Gasteiger partial charge in [-0.25, -0.2) is 8.78 Å². The molecule has 0 bridgehead atoms. The van der Waals surface area contributed by atoms with Gasteiger partial charge >= 0.3 is 0 Å². The van der Waals surface area contributed by atoms with Crippen LogP contribution in [0.4, 0.5) is 8.78 Å². The Morgan fingerprint density at radius 3 is 2.47 bits per heavy atom. The van der Waals surface area contributed by atoms with Gasteiger partial charge in [-0.15, -0.1) is 0 Å². The van der Waals surface area contributed by atoms with Crippen molar-refractivity contribution in [2.24, 2.45) is 5.16 Å². The minimum absolute atomic E-state index is 0.147. The molecular weight excluding hydrogens is 272 g/mol. The lowest BCUT2D eigenvalue weighted by atomic mass is 10.2. The Hall–Kier alpha value is -1.94. The van der Waals surface area contributed by atoms with Crippen molar-refractivity contribution >= 4 is 17.8 Å². The number of nitrogens with zero attached hydrogens (tertiary/aromatic N) is 1. The number of halogens is 3. The second-order valence-electron chi connectivity index (χ2n) is 3.76. The minimum Gasteiger partial charge on any atom is -0.391 e. The van der Waals surface area contributed by atoms with E-state index in [0.29, 0.717) is 5.02 Å². The number of hydrogen-bond donors (Lipinski definition) is 0. The monoisotopic (exact) mass is 281 g/mol. The summed E-state index contributed by atoms with van der Waals surface area (Å²) in [5.41, 5.74) is 0.590. The predicted octanol–water partition coefficient (Wildman–Crippen LogP) is 4.17. The van der Waals surface area contributed by atoms with Gasteiger partial charge in [-0.05, 0) is 29.8 Å². The van der Waals surface area contributed by atoms with E-state index in [0.717, 1.165) is 5.56 Å². The van der Waals surface area contributed by atoms with Crippen molar-refractivity contribution < 1.29 is 13.6 Å². The lowest BCUT2D eigenvalue weighted by molar-refractivity contribution is 0.126. The van der Waals surface area contributed by atoms with E-state index in [1.54, 1.807) is 24.3 Å². The van der Waals surface area contributed by atoms with Crippen LogP contribution in [0.5, 0.6) is 0 Å². The molecule has 0 aliphatic heterocycles. The van der Waals surface area contributed by atoms with E-state index in [9.17, 15) is 8.78 Å². The summed E-state index contributed by atoms with van der Waals surface area (Å²) in [6.45, 7) is -0.268. The van der Waals surface area contributed by atoms with Crippen LogP contribution in [-0.4, -0.2) is 6.21 Å². The van der Waals surface area contributed by atoms with Crippen molar-refractivity contribution in [1.29, 1.82) is 0 Å². The highest BCUT2D eigenvalue weighted by Crippen LogP contribution is 2.13. The Labute approximate surface area is 114 Å². The van der Waals surface area contributed by atoms with Gasteiger partial charge in [0.15, 0.2) is 0 Å². The number of oxime groups is 1. The summed E-state index contributed by atoms with van der Waals surface area (Å²) in [5.74, 6) is -1.31. The highest BCUT2D eigenvalue weighted by molar-refractivity contribution is 6.30. The highest BCUT2D eigenvalue weighted by Gasteiger charge is 2.07. The maximum absolute atomic E-state index is 13.3. The molecule has 2 aromatic carbocycles. The van der Waals surface area contributed by atoms with Crippen molar-refractivity contribution in [2.75, 3.05) is 0 Å². The van der Waals surface area contributed by atoms with Gasteiger partial charge < -0.3 is 4.84 Å². The van der Waals surface area contributed by atoms with Gasteiger partial charge in [-0.3, -0.25) is 0 Å². The van der Waals surface area contributed by atoms with Crippen LogP contribution in [0.1, 0.15) is 11.1 Å². The third-order valence-electron chi connectivity index (χ3n) is 2.40. The fourth-order valence-electron chi connectivity index (χ4n) is 1.46. The van der Waals surface area contributed by atoms with Crippen molar-refractivity contribution in [3.63, 3.8) is 0 Å². The molecule has 2 rings (SSSR count). The summed E-state index contributed by atoms with van der Waals surface area (Å²) in [6.07, 6.45) is 1.42. The molecule has 0 aromatic heterocycles. The molecule has 0 fully saturated rings. The fourth-order valence-corrected chi connectivity index (χ4v) is 1.66. The summed E-state index contributed by atoms with van der Waals surface area (Å²) >= 11 is 5.79. The molecule has 2 nitrogen and oxygen atoms in total. The molecule has 2 aromatic rings. The molecule has 0 spiro atoms. The van der Waals surface area contributed by atoms with Gasteiger partial charge in [-0.2, -0.15) is 0 Å². The summed E-state index contributed by atoms with van der Waals surface area (Å²) in [7, 11) is 0. The van der Waals surface area contributed by atoms with E-state index in [4.69, 9.17) is 16.4 Å². The summed E-state index contributed by atoms with van der Waals surface area (Å²) < 4.78 is 26.5. The molecule has 98 valence electrons. The highest BCUT2D eigenvalue weighted by atomic mass is 35.5. The third kappa shape index (κ3) is 3.76. The standard InChI is InChI=1S/C14H10ClF2NO/c15-11-4-1-3-10(7-11)8-18-19-9-12-13(16)5-2-6-14(12)17/h1-8H,9H2. The molecule has 0 unspecified atom stereocenters. The maximum atomic E-state index is 13.3. The Kier molecular flexibility index (Phi) is 4.47. The lowest BCUT2D eigenvalue weighted by Crippen LogP contribution is -1.96. The Bertz CT molecular complexity index is 581. The minimum atomic E-state index is -0.655. The Morgan fingerprint density at radius 2 is 1.79 bits per heavy atom. The lowest BCUT2D eigenvalue weighted by Gasteiger charge is -2.02. The molecule has 0 atom stereocenters. The van der Waals surface area contributed by atoms with Crippen LogP contribution < -0.4 is 0 Å². The average molecular weight is 282 g/mol. The van der Waals surface area contributed by atoms with Gasteiger partial charge in [-0.1, -0.05) is 35.0 Å².